The smallest absolute Gasteiger partial charge is 0.0702 e. The van der Waals surface area contributed by atoms with E-state index >= 15 is 0 Å². The van der Waals surface area contributed by atoms with E-state index in [4.69, 9.17) is 0 Å². The maximum Gasteiger partial charge on any atom is 0.0702 e. The van der Waals surface area contributed by atoms with Crippen molar-refractivity contribution in [3.8, 4) is 0 Å². The summed E-state index contributed by atoms with van der Waals surface area (Å²) in [6.45, 7) is 8.69. The highest BCUT2D eigenvalue weighted by molar-refractivity contribution is 4.96. The second-order valence-corrected chi connectivity index (χ2v) is 5.06. The van der Waals surface area contributed by atoms with E-state index in [0.29, 0.717) is 18.0 Å². The molecule has 1 heterocycles. The van der Waals surface area contributed by atoms with Crippen molar-refractivity contribution < 1.29 is 5.11 Å². The lowest BCUT2D eigenvalue weighted by molar-refractivity contribution is -0.0684. The Morgan fingerprint density at radius 1 is 1.36 bits per heavy atom. The first kappa shape index (κ1) is 12.0. The van der Waals surface area contributed by atoms with E-state index < -0.39 is 5.60 Å². The fraction of sp³-hybridized carbons (Fsp3) is 1.00. The van der Waals surface area contributed by atoms with Gasteiger partial charge in [0.15, 0.2) is 0 Å². The molecule has 14 heavy (non-hydrogen) atoms. The third kappa shape index (κ3) is 2.48. The molecule has 1 aliphatic heterocycles. The van der Waals surface area contributed by atoms with Crippen molar-refractivity contribution in [3.05, 3.63) is 0 Å². The van der Waals surface area contributed by atoms with Gasteiger partial charge in [0.05, 0.1) is 5.60 Å². The topological polar surface area (TPSA) is 32.3 Å². The number of hydrogen-bond donors (Lipinski definition) is 2. The minimum atomic E-state index is -0.430. The second kappa shape index (κ2) is 4.63. The van der Waals surface area contributed by atoms with Crippen LogP contribution in [-0.4, -0.2) is 22.8 Å². The molecule has 1 fully saturated rings. The summed E-state index contributed by atoms with van der Waals surface area (Å²) in [6.07, 6.45) is 4.17. The van der Waals surface area contributed by atoms with Crippen LogP contribution in [0.3, 0.4) is 0 Å². The lowest BCUT2D eigenvalue weighted by Gasteiger charge is -2.45. The highest BCUT2D eigenvalue weighted by Gasteiger charge is 2.41. The van der Waals surface area contributed by atoms with E-state index in [1.54, 1.807) is 0 Å². The van der Waals surface area contributed by atoms with Crippen LogP contribution in [0.4, 0.5) is 0 Å². The molecule has 0 aromatic rings. The van der Waals surface area contributed by atoms with Crippen LogP contribution in [-0.2, 0) is 0 Å². The van der Waals surface area contributed by atoms with E-state index in [1.165, 1.54) is 6.42 Å². The van der Waals surface area contributed by atoms with Crippen LogP contribution in [0.15, 0.2) is 0 Å². The third-order valence-electron chi connectivity index (χ3n) is 3.77. The fourth-order valence-electron chi connectivity index (χ4n) is 2.65. The zero-order chi connectivity index (χ0) is 10.8. The average Bonchev–Trinajstić information content (AvgIpc) is 2.11. The van der Waals surface area contributed by atoms with Gasteiger partial charge >= 0.3 is 0 Å². The first-order valence-corrected chi connectivity index (χ1v) is 5.98. The van der Waals surface area contributed by atoms with Crippen molar-refractivity contribution in [1.82, 2.24) is 5.32 Å². The third-order valence-corrected chi connectivity index (χ3v) is 3.77. The van der Waals surface area contributed by atoms with Gasteiger partial charge in [-0.25, -0.2) is 0 Å². The van der Waals surface area contributed by atoms with Gasteiger partial charge in [-0.3, -0.25) is 0 Å². The minimum absolute atomic E-state index is 0.366. The maximum absolute atomic E-state index is 10.6. The highest BCUT2D eigenvalue weighted by atomic mass is 16.3. The van der Waals surface area contributed by atoms with Crippen LogP contribution < -0.4 is 5.32 Å². The minimum Gasteiger partial charge on any atom is -0.389 e. The molecule has 0 spiro atoms. The molecule has 2 nitrogen and oxygen atoms in total. The van der Waals surface area contributed by atoms with Crippen LogP contribution in [0.25, 0.3) is 0 Å². The van der Waals surface area contributed by atoms with Gasteiger partial charge in [0.25, 0.3) is 0 Å². The number of hydrogen-bond acceptors (Lipinski definition) is 2. The first-order valence-electron chi connectivity index (χ1n) is 5.98. The van der Waals surface area contributed by atoms with Gasteiger partial charge in [0.1, 0.15) is 0 Å². The maximum atomic E-state index is 10.6. The molecule has 1 aliphatic rings. The Bertz CT molecular complexity index is 183. The molecule has 0 aromatic heterocycles. The molecular formula is C12H25NO. The molecule has 0 aliphatic carbocycles. The van der Waals surface area contributed by atoms with Gasteiger partial charge in [0, 0.05) is 12.1 Å². The first-order chi connectivity index (χ1) is 6.49. The Morgan fingerprint density at radius 2 is 2.00 bits per heavy atom. The Labute approximate surface area is 88.1 Å². The molecule has 0 bridgehead atoms. The lowest BCUT2D eigenvalue weighted by Crippen LogP contribution is -2.57. The lowest BCUT2D eigenvalue weighted by atomic mass is 9.73. The fourth-order valence-corrected chi connectivity index (χ4v) is 2.65. The Balaban J connectivity index is 2.62. The predicted molar refractivity (Wildman–Crippen MR) is 60.3 cm³/mol. The largest absolute Gasteiger partial charge is 0.389 e. The molecule has 4 unspecified atom stereocenters. The van der Waals surface area contributed by atoms with Gasteiger partial charge in [-0.15, -0.1) is 0 Å². The monoisotopic (exact) mass is 199 g/mol. The van der Waals surface area contributed by atoms with Crippen molar-refractivity contribution in [1.29, 1.82) is 0 Å². The van der Waals surface area contributed by atoms with E-state index in [9.17, 15) is 5.11 Å². The van der Waals surface area contributed by atoms with Crippen LogP contribution in [0.5, 0.6) is 0 Å². The van der Waals surface area contributed by atoms with Gasteiger partial charge in [-0.2, -0.15) is 0 Å². The van der Waals surface area contributed by atoms with Crippen molar-refractivity contribution >= 4 is 0 Å². The van der Waals surface area contributed by atoms with E-state index in [1.807, 2.05) is 0 Å². The average molecular weight is 199 g/mol. The van der Waals surface area contributed by atoms with E-state index in [0.717, 1.165) is 19.3 Å². The van der Waals surface area contributed by atoms with Crippen LogP contribution in [0.1, 0.15) is 53.4 Å². The van der Waals surface area contributed by atoms with Gasteiger partial charge in [0.2, 0.25) is 0 Å². The molecule has 4 atom stereocenters. The quantitative estimate of drug-likeness (QED) is 0.731. The summed E-state index contributed by atoms with van der Waals surface area (Å²) >= 11 is 0. The number of unbranched alkanes of at least 4 members (excludes halogenated alkanes) is 1. The summed E-state index contributed by atoms with van der Waals surface area (Å²) in [7, 11) is 0. The molecule has 0 radical (unpaired) electrons. The number of nitrogens with one attached hydrogen (secondary N) is 1. The Morgan fingerprint density at radius 3 is 2.57 bits per heavy atom. The van der Waals surface area contributed by atoms with Gasteiger partial charge in [-0.1, -0.05) is 26.7 Å². The number of piperidine rings is 1. The summed E-state index contributed by atoms with van der Waals surface area (Å²) in [4.78, 5) is 0. The summed E-state index contributed by atoms with van der Waals surface area (Å²) < 4.78 is 0. The van der Waals surface area contributed by atoms with Crippen molar-refractivity contribution in [2.45, 2.75) is 71.1 Å². The van der Waals surface area contributed by atoms with Crippen molar-refractivity contribution in [3.63, 3.8) is 0 Å². The summed E-state index contributed by atoms with van der Waals surface area (Å²) in [5.41, 5.74) is -0.430. The second-order valence-electron chi connectivity index (χ2n) is 5.06. The Kier molecular flexibility index (Phi) is 3.96. The van der Waals surface area contributed by atoms with Crippen LogP contribution in [0.2, 0.25) is 0 Å². The molecule has 1 rings (SSSR count). The van der Waals surface area contributed by atoms with Gasteiger partial charge < -0.3 is 10.4 Å². The molecule has 0 amide bonds. The molecule has 84 valence electrons. The molecular weight excluding hydrogens is 174 g/mol. The standard InChI is InChI=1S/C12H25NO/c1-5-6-7-12(14)8-9(2)13-11(4)10(12)3/h9-11,13-14H,5-8H2,1-4H3. The van der Waals surface area contributed by atoms with Crippen LogP contribution in [0, 0.1) is 5.92 Å². The van der Waals surface area contributed by atoms with Gasteiger partial charge in [-0.05, 0) is 32.6 Å². The molecule has 2 N–H and O–H groups in total. The zero-order valence-corrected chi connectivity index (χ0v) is 10.0. The normalized spacial score (nSPS) is 43.9. The summed E-state index contributed by atoms with van der Waals surface area (Å²) in [6, 6.07) is 0.878. The van der Waals surface area contributed by atoms with Crippen LogP contribution >= 0.6 is 0 Å². The summed E-state index contributed by atoms with van der Waals surface area (Å²) in [5, 5.41) is 14.1. The summed E-state index contributed by atoms with van der Waals surface area (Å²) in [5.74, 6) is 0.366. The number of rotatable bonds is 3. The molecule has 2 heteroatoms. The molecule has 0 aromatic carbocycles. The Hall–Kier alpha value is -0.0800. The highest BCUT2D eigenvalue weighted by Crippen LogP contribution is 2.34. The molecule has 0 saturated carbocycles. The zero-order valence-electron chi connectivity index (χ0n) is 10.0. The number of aliphatic hydroxyl groups is 1. The van der Waals surface area contributed by atoms with Crippen molar-refractivity contribution in [2.24, 2.45) is 5.92 Å². The van der Waals surface area contributed by atoms with E-state index in [-0.39, 0.29) is 0 Å². The van der Waals surface area contributed by atoms with E-state index in [2.05, 4.69) is 33.0 Å². The predicted octanol–water partition coefficient (Wildman–Crippen LogP) is 2.31. The molecule has 1 saturated heterocycles. The van der Waals surface area contributed by atoms with Crippen molar-refractivity contribution in [2.75, 3.05) is 0 Å². The SMILES string of the molecule is CCCCC1(O)CC(C)NC(C)C1C.